The van der Waals surface area contributed by atoms with Gasteiger partial charge in [-0.25, -0.2) is 4.79 Å². The van der Waals surface area contributed by atoms with Crippen LogP contribution in [0.3, 0.4) is 0 Å². The highest BCUT2D eigenvalue weighted by Gasteiger charge is 2.55. The van der Waals surface area contributed by atoms with Crippen LogP contribution in [-0.2, 0) is 33.2 Å². The van der Waals surface area contributed by atoms with Crippen molar-refractivity contribution in [2.24, 2.45) is 0 Å². The Kier molecular flexibility index (Phi) is 14.7. The molecule has 14 N–H and O–H groups in total. The minimum absolute atomic E-state index is 0.0134. The van der Waals surface area contributed by atoms with Gasteiger partial charge in [0.2, 0.25) is 17.5 Å². The summed E-state index contributed by atoms with van der Waals surface area (Å²) >= 11 is 0. The zero-order chi connectivity index (χ0) is 47.7. The summed E-state index contributed by atoms with van der Waals surface area (Å²) in [5, 5.41) is 147. The molecule has 3 aliphatic heterocycles. The van der Waals surface area contributed by atoms with E-state index in [-0.39, 0.29) is 11.3 Å². The van der Waals surface area contributed by atoms with Crippen LogP contribution >= 0.6 is 0 Å². The van der Waals surface area contributed by atoms with Crippen molar-refractivity contribution in [3.63, 3.8) is 0 Å². The van der Waals surface area contributed by atoms with Crippen molar-refractivity contribution in [1.82, 2.24) is 0 Å². The van der Waals surface area contributed by atoms with Gasteiger partial charge in [-0.2, -0.15) is 0 Å². The van der Waals surface area contributed by atoms with E-state index < -0.39 is 169 Å². The minimum Gasteiger partial charge on any atom is -0.508 e. The number of aliphatic hydroxyl groups excluding tert-OH is 9. The van der Waals surface area contributed by atoms with Gasteiger partial charge in [0.25, 0.3) is 0 Å². The molecule has 3 saturated heterocycles. The molecule has 66 heavy (non-hydrogen) atoms. The van der Waals surface area contributed by atoms with Crippen molar-refractivity contribution < 1.29 is 114 Å². The van der Waals surface area contributed by atoms with E-state index >= 15 is 0 Å². The Bertz CT molecular complexity index is 2420. The van der Waals surface area contributed by atoms with Crippen molar-refractivity contribution in [2.75, 3.05) is 19.8 Å². The molecule has 0 unspecified atom stereocenters. The average molecular weight is 935 g/mol. The molecule has 24 heteroatoms. The zero-order valence-corrected chi connectivity index (χ0v) is 34.0. The van der Waals surface area contributed by atoms with E-state index in [2.05, 4.69) is 0 Å². The Morgan fingerprint density at radius 2 is 1.20 bits per heavy atom. The number of aliphatic hydroxyl groups is 9. The van der Waals surface area contributed by atoms with Gasteiger partial charge in [-0.05, 0) is 42.0 Å². The Balaban J connectivity index is 1.19. The van der Waals surface area contributed by atoms with E-state index in [1.54, 1.807) is 0 Å². The molecule has 3 aromatic carbocycles. The lowest BCUT2D eigenvalue weighted by molar-refractivity contribution is -0.389. The molecule has 0 saturated carbocycles. The number of phenols is 5. The molecule has 3 aliphatic rings. The first-order chi connectivity index (χ1) is 31.4. The molecule has 1 aromatic heterocycles. The smallest absolute Gasteiger partial charge is 0.330 e. The maximum absolute atomic E-state index is 14.2. The summed E-state index contributed by atoms with van der Waals surface area (Å²) < 4.78 is 45.9. The number of aromatic hydroxyl groups is 5. The van der Waals surface area contributed by atoms with E-state index in [1.807, 2.05) is 0 Å². The highest BCUT2D eigenvalue weighted by atomic mass is 16.8. The average Bonchev–Trinajstić information content (AvgIpc) is 3.29. The quantitative estimate of drug-likeness (QED) is 0.0363. The second-order valence-corrected chi connectivity index (χ2v) is 15.4. The van der Waals surface area contributed by atoms with Gasteiger partial charge in [-0.15, -0.1) is 0 Å². The van der Waals surface area contributed by atoms with Crippen LogP contribution in [0.1, 0.15) is 5.56 Å². The largest absolute Gasteiger partial charge is 0.508 e. The summed E-state index contributed by atoms with van der Waals surface area (Å²) in [7, 11) is 0. The highest BCUT2D eigenvalue weighted by Crippen LogP contribution is 2.40. The first kappa shape index (κ1) is 48.3. The van der Waals surface area contributed by atoms with Crippen molar-refractivity contribution in [2.45, 2.75) is 92.1 Å². The van der Waals surface area contributed by atoms with Gasteiger partial charge in [-0.1, -0.05) is 12.1 Å². The summed E-state index contributed by atoms with van der Waals surface area (Å²) in [5.74, 6) is -4.96. The van der Waals surface area contributed by atoms with E-state index in [9.17, 15) is 81.1 Å². The molecule has 0 amide bonds. The maximum Gasteiger partial charge on any atom is 0.330 e. The molecule has 0 spiro atoms. The standard InChI is InChI=1S/C42H46O24/c43-12-23-29(52)34(57)39(41(61-23)64-37-31(54)27-21(49)10-18(46)11-22(27)60-36(37)16-4-7-19(47)20(48)9-16)66-42-38(33(56)28(51)24(13-44)62-42)65-40-35(58)32(55)30(53)25(63-40)14-59-26(50)8-3-15-1-5-17(45)6-2-15/h1-11,23-25,28-30,32-35,38-49,51-53,55-58H,12-14H2/b8-3-/t23-,24-,25-,28-,29-,30-,32+,33+,34+,35-,38-,39-,40+,41+,42+/m1/s1. The van der Waals surface area contributed by atoms with Gasteiger partial charge >= 0.3 is 5.97 Å². The van der Waals surface area contributed by atoms with Crippen LogP contribution in [0.2, 0.25) is 0 Å². The van der Waals surface area contributed by atoms with Crippen molar-refractivity contribution in [3.8, 4) is 45.8 Å². The van der Waals surface area contributed by atoms with Gasteiger partial charge < -0.3 is 109 Å². The minimum atomic E-state index is -2.17. The molecule has 0 bridgehead atoms. The van der Waals surface area contributed by atoms with Gasteiger partial charge in [0.1, 0.15) is 102 Å². The van der Waals surface area contributed by atoms with Crippen LogP contribution in [0.15, 0.2) is 69.9 Å². The number of rotatable bonds is 13. The number of ether oxygens (including phenoxy) is 7. The monoisotopic (exact) mass is 934 g/mol. The topological polar surface area (TPSA) is 395 Å². The molecular formula is C42H46O24. The van der Waals surface area contributed by atoms with Crippen LogP contribution < -0.4 is 10.2 Å². The third kappa shape index (κ3) is 9.87. The van der Waals surface area contributed by atoms with Gasteiger partial charge in [0.05, 0.1) is 13.2 Å². The second kappa shape index (κ2) is 20.0. The fraction of sp³-hybridized carbons (Fsp3) is 0.429. The van der Waals surface area contributed by atoms with E-state index in [0.29, 0.717) is 5.56 Å². The molecule has 358 valence electrons. The normalized spacial score (nSPS) is 32.7. The van der Waals surface area contributed by atoms with E-state index in [4.69, 9.17) is 37.6 Å². The number of benzene rings is 3. The summed E-state index contributed by atoms with van der Waals surface area (Å²) in [6.07, 6.45) is -27.5. The fourth-order valence-electron chi connectivity index (χ4n) is 7.39. The molecule has 0 radical (unpaired) electrons. The first-order valence-electron chi connectivity index (χ1n) is 20.0. The number of hydrogen-bond donors (Lipinski definition) is 14. The second-order valence-electron chi connectivity index (χ2n) is 15.4. The van der Waals surface area contributed by atoms with Crippen molar-refractivity contribution in [1.29, 1.82) is 0 Å². The molecular weight excluding hydrogens is 888 g/mol. The van der Waals surface area contributed by atoms with Crippen molar-refractivity contribution in [3.05, 3.63) is 76.5 Å². The number of phenolic OH excluding ortho intramolecular Hbond substituents is 5. The number of carbonyl (C=O) groups is 1. The first-order valence-corrected chi connectivity index (χ1v) is 20.0. The molecule has 3 fully saturated rings. The Morgan fingerprint density at radius 1 is 0.606 bits per heavy atom. The van der Waals surface area contributed by atoms with Crippen LogP contribution in [0, 0.1) is 0 Å². The summed E-state index contributed by atoms with van der Waals surface area (Å²) in [6.45, 7) is -2.70. The molecule has 0 aliphatic carbocycles. The Morgan fingerprint density at radius 3 is 1.83 bits per heavy atom. The Hall–Kier alpha value is -5.68. The highest BCUT2D eigenvalue weighted by molar-refractivity contribution is 5.88. The number of carbonyl (C=O) groups excluding carboxylic acids is 1. The third-order valence-electron chi connectivity index (χ3n) is 11.0. The lowest BCUT2D eigenvalue weighted by Crippen LogP contribution is -2.67. The number of fused-ring (bicyclic) bond motifs is 1. The maximum atomic E-state index is 14.2. The van der Waals surface area contributed by atoms with Crippen LogP contribution in [0.5, 0.6) is 34.5 Å². The molecule has 4 aromatic rings. The van der Waals surface area contributed by atoms with Gasteiger partial charge in [-0.3, -0.25) is 4.79 Å². The SMILES string of the molecule is O=C(/C=C\c1ccc(O)cc1)OC[C@H]1O[C@@H](O[C@H]2[C@H](O[C@H]3[C@H](Oc4c(-c5ccc(O)c(O)c5)oc5cc(O)cc(O)c5c4=O)O[C@H](CO)[C@@H](O)[C@@H]3O)O[C@H](CO)[C@@H](O)[C@@H]2O)[C@H](O)[C@@H](O)[C@@H]1O. The van der Waals surface area contributed by atoms with Crippen LogP contribution in [-0.4, -0.2) is 189 Å². The molecule has 24 nitrogen and oxygen atoms in total. The number of esters is 1. The van der Waals surface area contributed by atoms with Crippen LogP contribution in [0.4, 0.5) is 0 Å². The third-order valence-corrected chi connectivity index (χ3v) is 11.0. The van der Waals surface area contributed by atoms with Crippen molar-refractivity contribution >= 4 is 23.0 Å². The fourth-order valence-corrected chi connectivity index (χ4v) is 7.39. The molecule has 15 atom stereocenters. The number of hydrogen-bond acceptors (Lipinski definition) is 24. The van der Waals surface area contributed by atoms with Gasteiger partial charge in [0, 0.05) is 23.8 Å². The predicted molar refractivity (Wildman–Crippen MR) is 215 cm³/mol. The van der Waals surface area contributed by atoms with Crippen LogP contribution in [0.25, 0.3) is 28.4 Å². The zero-order valence-electron chi connectivity index (χ0n) is 34.0. The summed E-state index contributed by atoms with van der Waals surface area (Å²) in [6, 6.07) is 10.7. The summed E-state index contributed by atoms with van der Waals surface area (Å²) in [5.41, 5.74) is -1.21. The lowest BCUT2D eigenvalue weighted by atomic mass is 9.96. The molecule has 7 rings (SSSR count). The van der Waals surface area contributed by atoms with E-state index in [0.717, 1.165) is 30.3 Å². The molecule has 4 heterocycles. The van der Waals surface area contributed by atoms with E-state index in [1.165, 1.54) is 36.4 Å². The Labute approximate surface area is 370 Å². The predicted octanol–water partition coefficient (Wildman–Crippen LogP) is -2.92. The van der Waals surface area contributed by atoms with Gasteiger partial charge in [0.15, 0.2) is 35.9 Å². The lowest BCUT2D eigenvalue weighted by Gasteiger charge is -2.48. The summed E-state index contributed by atoms with van der Waals surface area (Å²) in [4.78, 5) is 26.7.